The Balaban J connectivity index is 1.81. The number of amides is 1. The van der Waals surface area contributed by atoms with E-state index < -0.39 is 17.6 Å². The van der Waals surface area contributed by atoms with Crippen molar-refractivity contribution in [3.63, 3.8) is 0 Å². The highest BCUT2D eigenvalue weighted by Crippen LogP contribution is 2.46. The fourth-order valence-electron chi connectivity index (χ4n) is 4.56. The van der Waals surface area contributed by atoms with E-state index in [-0.39, 0.29) is 11.7 Å². The first-order valence-corrected chi connectivity index (χ1v) is 10.8. The van der Waals surface area contributed by atoms with Crippen LogP contribution in [0.4, 0.5) is 5.69 Å². The smallest absolute Gasteiger partial charge is 0.216 e. The summed E-state index contributed by atoms with van der Waals surface area (Å²) in [5.74, 6) is 1.03. The Kier molecular flexibility index (Phi) is 5.99. The highest BCUT2D eigenvalue weighted by Gasteiger charge is 2.55. The van der Waals surface area contributed by atoms with Gasteiger partial charge in [0.05, 0.1) is 42.6 Å². The molecule has 1 aliphatic heterocycles. The molecular formula is C24H29N5O4. The van der Waals surface area contributed by atoms with Crippen molar-refractivity contribution in [2.75, 3.05) is 25.7 Å². The zero-order valence-corrected chi connectivity index (χ0v) is 19.2. The number of methoxy groups -OCH3 is 2. The number of nitrogens with one attached hydrogen (secondary N) is 3. The van der Waals surface area contributed by atoms with Crippen molar-refractivity contribution in [2.45, 2.75) is 37.8 Å². The Bertz CT molecular complexity index is 1140. The molecule has 1 aliphatic rings. The summed E-state index contributed by atoms with van der Waals surface area (Å²) >= 11 is 0. The third kappa shape index (κ3) is 4.00. The van der Waals surface area contributed by atoms with E-state index in [0.29, 0.717) is 36.0 Å². The van der Waals surface area contributed by atoms with E-state index in [1.807, 2.05) is 31.2 Å². The summed E-state index contributed by atoms with van der Waals surface area (Å²) in [7, 11) is 3.13. The zero-order chi connectivity index (χ0) is 23.8. The lowest BCUT2D eigenvalue weighted by Crippen LogP contribution is -2.51. The standard InChI is InChI=1S/C24H29N5O4/c1-14(30)26-10-9-24(2)21(31)20(23-27-18-7-5-6-8-19(18)28-23)22(25)29(24)15-11-16(32-3)13-17(12-15)33-4/h5-8,11-13,20-21,25,31H,9-10H2,1-4H3,(H,26,30)(H,27,28). The maximum Gasteiger partial charge on any atom is 0.216 e. The van der Waals surface area contributed by atoms with Gasteiger partial charge >= 0.3 is 0 Å². The Hall–Kier alpha value is -3.59. The first kappa shape index (κ1) is 22.6. The van der Waals surface area contributed by atoms with Crippen LogP contribution in [0.25, 0.3) is 11.0 Å². The minimum absolute atomic E-state index is 0.149. The number of carbonyl (C=O) groups is 1. The number of hydrogen-bond donors (Lipinski definition) is 4. The molecule has 2 heterocycles. The minimum atomic E-state index is -0.962. The summed E-state index contributed by atoms with van der Waals surface area (Å²) in [6, 6.07) is 13.0. The van der Waals surface area contributed by atoms with Gasteiger partial charge < -0.3 is 29.8 Å². The van der Waals surface area contributed by atoms with Gasteiger partial charge in [-0.15, -0.1) is 0 Å². The molecule has 0 bridgehead atoms. The summed E-state index contributed by atoms with van der Waals surface area (Å²) in [5.41, 5.74) is 1.36. The van der Waals surface area contributed by atoms with E-state index in [9.17, 15) is 9.90 Å². The van der Waals surface area contributed by atoms with Crippen molar-refractivity contribution in [1.82, 2.24) is 15.3 Å². The predicted octanol–water partition coefficient (Wildman–Crippen LogP) is 2.81. The van der Waals surface area contributed by atoms with Crippen LogP contribution in [0.3, 0.4) is 0 Å². The number of aromatic amines is 1. The van der Waals surface area contributed by atoms with Crippen molar-refractivity contribution in [2.24, 2.45) is 0 Å². The highest BCUT2D eigenvalue weighted by atomic mass is 16.5. The molecule has 0 saturated carbocycles. The summed E-state index contributed by atoms with van der Waals surface area (Å²) in [4.78, 5) is 21.2. The molecule has 1 amide bonds. The van der Waals surface area contributed by atoms with Crippen LogP contribution in [0.15, 0.2) is 42.5 Å². The lowest BCUT2D eigenvalue weighted by molar-refractivity contribution is -0.119. The second-order valence-electron chi connectivity index (χ2n) is 8.44. The van der Waals surface area contributed by atoms with Crippen LogP contribution < -0.4 is 19.7 Å². The van der Waals surface area contributed by atoms with Gasteiger partial charge in [0.25, 0.3) is 0 Å². The topological polar surface area (TPSA) is 124 Å². The molecule has 2 aromatic carbocycles. The highest BCUT2D eigenvalue weighted by molar-refractivity contribution is 6.05. The number of aromatic nitrogens is 2. The Labute approximate surface area is 192 Å². The lowest BCUT2D eigenvalue weighted by atomic mass is 9.86. The van der Waals surface area contributed by atoms with Gasteiger partial charge in [0, 0.05) is 31.7 Å². The quantitative estimate of drug-likeness (QED) is 0.438. The third-order valence-corrected chi connectivity index (χ3v) is 6.30. The number of benzene rings is 2. The number of aliphatic hydroxyl groups is 1. The van der Waals surface area contributed by atoms with Crippen LogP contribution in [-0.2, 0) is 4.79 Å². The molecule has 0 radical (unpaired) electrons. The second-order valence-corrected chi connectivity index (χ2v) is 8.44. The van der Waals surface area contributed by atoms with Crippen LogP contribution in [0.2, 0.25) is 0 Å². The molecule has 3 atom stereocenters. The van der Waals surface area contributed by atoms with Crippen molar-refractivity contribution in [1.29, 1.82) is 5.41 Å². The number of hydrogen-bond acceptors (Lipinski definition) is 6. The molecule has 3 aromatic rings. The number of rotatable bonds is 7. The number of para-hydroxylation sites is 2. The van der Waals surface area contributed by atoms with Gasteiger partial charge in [-0.25, -0.2) is 4.98 Å². The van der Waals surface area contributed by atoms with Gasteiger partial charge in [-0.1, -0.05) is 12.1 Å². The van der Waals surface area contributed by atoms with Gasteiger partial charge in [-0.3, -0.25) is 10.2 Å². The van der Waals surface area contributed by atoms with E-state index in [1.165, 1.54) is 6.92 Å². The molecule has 1 aromatic heterocycles. The van der Waals surface area contributed by atoms with Crippen LogP contribution in [0.1, 0.15) is 32.0 Å². The molecule has 1 saturated heterocycles. The molecule has 9 nitrogen and oxygen atoms in total. The zero-order valence-electron chi connectivity index (χ0n) is 19.2. The molecule has 4 rings (SSSR count). The third-order valence-electron chi connectivity index (χ3n) is 6.30. The summed E-state index contributed by atoms with van der Waals surface area (Å²) in [6.45, 7) is 3.70. The van der Waals surface area contributed by atoms with Gasteiger partial charge in [0.15, 0.2) is 0 Å². The molecule has 9 heteroatoms. The Morgan fingerprint density at radius 3 is 2.52 bits per heavy atom. The molecule has 0 aliphatic carbocycles. The Morgan fingerprint density at radius 1 is 1.24 bits per heavy atom. The minimum Gasteiger partial charge on any atom is -0.497 e. The van der Waals surface area contributed by atoms with Gasteiger partial charge in [-0.2, -0.15) is 0 Å². The first-order chi connectivity index (χ1) is 15.8. The summed E-state index contributed by atoms with van der Waals surface area (Å²) < 4.78 is 10.9. The van der Waals surface area contributed by atoms with Crippen molar-refractivity contribution >= 4 is 28.5 Å². The maximum atomic E-state index is 11.6. The van der Waals surface area contributed by atoms with E-state index in [1.54, 1.807) is 37.3 Å². The van der Waals surface area contributed by atoms with Crippen molar-refractivity contribution < 1.29 is 19.4 Å². The summed E-state index contributed by atoms with van der Waals surface area (Å²) in [5, 5.41) is 23.5. The number of imidazole rings is 1. The van der Waals surface area contributed by atoms with Gasteiger partial charge in [0.1, 0.15) is 29.1 Å². The normalized spacial score (nSPS) is 22.6. The number of ether oxygens (including phenoxy) is 2. The van der Waals surface area contributed by atoms with E-state index >= 15 is 0 Å². The molecular weight excluding hydrogens is 422 g/mol. The average molecular weight is 452 g/mol. The second kappa shape index (κ2) is 8.74. The van der Waals surface area contributed by atoms with E-state index in [2.05, 4.69) is 15.3 Å². The van der Waals surface area contributed by atoms with E-state index in [4.69, 9.17) is 14.9 Å². The number of amidine groups is 1. The fourth-order valence-corrected chi connectivity index (χ4v) is 4.56. The number of anilines is 1. The van der Waals surface area contributed by atoms with Crippen molar-refractivity contribution in [3.05, 3.63) is 48.3 Å². The number of fused-ring (bicyclic) bond motifs is 1. The first-order valence-electron chi connectivity index (χ1n) is 10.8. The molecule has 1 fully saturated rings. The van der Waals surface area contributed by atoms with E-state index in [0.717, 1.165) is 11.0 Å². The van der Waals surface area contributed by atoms with Crippen LogP contribution in [0, 0.1) is 5.41 Å². The largest absolute Gasteiger partial charge is 0.497 e. The maximum absolute atomic E-state index is 11.6. The van der Waals surface area contributed by atoms with Crippen LogP contribution in [-0.4, -0.2) is 59.2 Å². The molecule has 4 N–H and O–H groups in total. The molecule has 33 heavy (non-hydrogen) atoms. The fraction of sp³-hybridized carbons (Fsp3) is 0.375. The van der Waals surface area contributed by atoms with Crippen LogP contribution in [0.5, 0.6) is 11.5 Å². The monoisotopic (exact) mass is 451 g/mol. The van der Waals surface area contributed by atoms with Gasteiger partial charge in [0.2, 0.25) is 5.91 Å². The van der Waals surface area contributed by atoms with Gasteiger partial charge in [-0.05, 0) is 25.5 Å². The van der Waals surface area contributed by atoms with Crippen LogP contribution >= 0.6 is 0 Å². The predicted molar refractivity (Wildman–Crippen MR) is 126 cm³/mol. The number of nitrogens with zero attached hydrogens (tertiary/aromatic N) is 2. The summed E-state index contributed by atoms with van der Waals surface area (Å²) in [6.07, 6.45) is -0.552. The number of carbonyl (C=O) groups excluding carboxylic acids is 1. The van der Waals surface area contributed by atoms with Crippen molar-refractivity contribution in [3.8, 4) is 11.5 Å². The molecule has 3 unspecified atom stereocenters. The number of aliphatic hydroxyl groups excluding tert-OH is 1. The Morgan fingerprint density at radius 2 is 1.91 bits per heavy atom. The molecule has 174 valence electrons. The SMILES string of the molecule is COc1cc(OC)cc(N2C(=N)C(c3nc4ccccc4[nH]3)C(O)C2(C)CCNC(C)=O)c1. The average Bonchev–Trinajstić information content (AvgIpc) is 3.29. The number of H-pyrrole nitrogens is 1. The lowest BCUT2D eigenvalue weighted by Gasteiger charge is -2.38. The molecule has 0 spiro atoms.